The molecule has 2 aromatic heterocycles. The second-order valence-electron chi connectivity index (χ2n) is 6.49. The molecule has 0 spiro atoms. The van der Waals surface area contributed by atoms with E-state index in [1.807, 2.05) is 72.9 Å². The van der Waals surface area contributed by atoms with Crippen molar-refractivity contribution >= 4 is 16.7 Å². The van der Waals surface area contributed by atoms with Crippen molar-refractivity contribution in [2.24, 2.45) is 0 Å². The zero-order chi connectivity index (χ0) is 20.1. The van der Waals surface area contributed by atoms with E-state index in [4.69, 9.17) is 11.2 Å². The second kappa shape index (κ2) is 8.32. The van der Waals surface area contributed by atoms with Gasteiger partial charge in [-0.2, -0.15) is 0 Å². The number of aromatic hydroxyl groups is 1. The van der Waals surface area contributed by atoms with Crippen LogP contribution in [0, 0.1) is 12.3 Å². The number of H-pyrrole nitrogens is 1. The van der Waals surface area contributed by atoms with Crippen molar-refractivity contribution in [2.75, 3.05) is 11.9 Å². The Labute approximate surface area is 169 Å². The van der Waals surface area contributed by atoms with E-state index in [2.05, 4.69) is 21.2 Å². The van der Waals surface area contributed by atoms with E-state index < -0.39 is 0 Å². The number of terminal acetylenes is 1. The first-order valence-electron chi connectivity index (χ1n) is 9.22. The third-order valence-electron chi connectivity index (χ3n) is 4.63. The first-order chi connectivity index (χ1) is 14.3. The van der Waals surface area contributed by atoms with E-state index >= 15 is 0 Å². The Morgan fingerprint density at radius 1 is 1.07 bits per heavy atom. The molecular formula is C24H20N3O2+. The van der Waals surface area contributed by atoms with Crippen molar-refractivity contribution in [3.05, 3.63) is 90.3 Å². The standard InChI is InChI=1S/C24H19N3O2/c1-2-16-29-19-11-8-18(9-12-19)22(27-21-7-3-4-14-25-21)20-13-10-17-6-5-15-26-23(17)24(20)28/h1,3-15,22,28H,16H2,(H,25,27)/p+1/t22-/m1/s1. The van der Waals surface area contributed by atoms with E-state index in [-0.39, 0.29) is 18.4 Å². The summed E-state index contributed by atoms with van der Waals surface area (Å²) < 4.78 is 5.47. The molecule has 0 fully saturated rings. The summed E-state index contributed by atoms with van der Waals surface area (Å²) >= 11 is 0. The van der Waals surface area contributed by atoms with Gasteiger partial charge < -0.3 is 9.84 Å². The molecule has 4 aromatic rings. The predicted molar refractivity (Wildman–Crippen MR) is 113 cm³/mol. The zero-order valence-corrected chi connectivity index (χ0v) is 15.7. The van der Waals surface area contributed by atoms with Gasteiger partial charge in [0.25, 0.3) is 5.82 Å². The van der Waals surface area contributed by atoms with Gasteiger partial charge in [0.2, 0.25) is 0 Å². The van der Waals surface area contributed by atoms with Crippen LogP contribution >= 0.6 is 0 Å². The number of hydrogen-bond donors (Lipinski definition) is 2. The number of benzene rings is 2. The number of phenolic OH excluding ortho intramolecular Hbond substituents is 1. The predicted octanol–water partition coefficient (Wildman–Crippen LogP) is 3.97. The lowest BCUT2D eigenvalue weighted by Crippen LogP contribution is -2.18. The number of aromatic nitrogens is 2. The van der Waals surface area contributed by atoms with Crippen molar-refractivity contribution in [3.63, 3.8) is 0 Å². The number of ether oxygens (including phenoxy) is 1. The topological polar surface area (TPSA) is 68.5 Å². The Balaban J connectivity index is 1.77. The number of nitrogens with zero attached hydrogens (tertiary/aromatic N) is 1. The maximum absolute atomic E-state index is 11.0. The Kier molecular flexibility index (Phi) is 5.26. The Morgan fingerprint density at radius 2 is 1.93 bits per heavy atom. The number of aromatic amines is 1. The van der Waals surface area contributed by atoms with Gasteiger partial charge in [0.05, 0.1) is 6.20 Å². The van der Waals surface area contributed by atoms with Gasteiger partial charge in [-0.1, -0.05) is 36.3 Å². The van der Waals surface area contributed by atoms with Gasteiger partial charge in [-0.15, -0.1) is 6.42 Å². The fourth-order valence-corrected chi connectivity index (χ4v) is 3.24. The summed E-state index contributed by atoms with van der Waals surface area (Å²) in [5, 5.41) is 15.3. The van der Waals surface area contributed by atoms with Crippen molar-refractivity contribution in [2.45, 2.75) is 6.04 Å². The van der Waals surface area contributed by atoms with Crippen molar-refractivity contribution in [3.8, 4) is 23.8 Å². The van der Waals surface area contributed by atoms with Crippen LogP contribution in [0.3, 0.4) is 0 Å². The van der Waals surface area contributed by atoms with Gasteiger partial charge in [0, 0.05) is 28.8 Å². The fourth-order valence-electron chi connectivity index (χ4n) is 3.24. The van der Waals surface area contributed by atoms with Crippen LogP contribution in [0.1, 0.15) is 17.2 Å². The number of fused-ring (bicyclic) bond motifs is 1. The average Bonchev–Trinajstić information content (AvgIpc) is 2.78. The maximum Gasteiger partial charge on any atom is 0.272 e. The first-order valence-corrected chi connectivity index (χ1v) is 9.22. The van der Waals surface area contributed by atoms with E-state index in [0.29, 0.717) is 11.3 Å². The highest BCUT2D eigenvalue weighted by Gasteiger charge is 2.24. The SMILES string of the molecule is C#CCOc1ccc([C@@H](Nc2cccc[nH+]2)c2ccc3cccnc3c2O)cc1. The fraction of sp³-hybridized carbons (Fsp3) is 0.0833. The Bertz CT molecular complexity index is 1150. The minimum Gasteiger partial charge on any atom is -0.505 e. The molecule has 2 aromatic carbocycles. The number of rotatable bonds is 6. The molecule has 2 heterocycles. The summed E-state index contributed by atoms with van der Waals surface area (Å²) in [6.07, 6.45) is 8.78. The largest absolute Gasteiger partial charge is 0.505 e. The van der Waals surface area contributed by atoms with Crippen molar-refractivity contribution < 1.29 is 14.8 Å². The minimum absolute atomic E-state index is 0.157. The van der Waals surface area contributed by atoms with Crippen LogP contribution < -0.4 is 15.0 Å². The lowest BCUT2D eigenvalue weighted by atomic mass is 9.96. The van der Waals surface area contributed by atoms with Crippen LogP contribution in [-0.4, -0.2) is 16.7 Å². The number of nitrogens with one attached hydrogen (secondary N) is 2. The van der Waals surface area contributed by atoms with Gasteiger partial charge in [-0.05, 0) is 30.3 Å². The summed E-state index contributed by atoms with van der Waals surface area (Å²) in [4.78, 5) is 7.53. The minimum atomic E-state index is -0.304. The summed E-state index contributed by atoms with van der Waals surface area (Å²) in [5.74, 6) is 4.13. The molecule has 0 amide bonds. The Hall–Kier alpha value is -4.04. The summed E-state index contributed by atoms with van der Waals surface area (Å²) in [6, 6.07) is 20.8. The molecule has 4 rings (SSSR count). The highest BCUT2D eigenvalue weighted by molar-refractivity contribution is 5.85. The van der Waals surface area contributed by atoms with Crippen LogP contribution in [0.15, 0.2) is 79.1 Å². The molecule has 29 heavy (non-hydrogen) atoms. The molecule has 0 saturated heterocycles. The third kappa shape index (κ3) is 3.97. The maximum atomic E-state index is 11.0. The first kappa shape index (κ1) is 18.3. The average molecular weight is 382 g/mol. The summed E-state index contributed by atoms with van der Waals surface area (Å²) in [6.45, 7) is 0.219. The zero-order valence-electron chi connectivity index (χ0n) is 15.7. The number of pyridine rings is 2. The van der Waals surface area contributed by atoms with E-state index in [0.717, 1.165) is 22.3 Å². The molecule has 5 heteroatoms. The highest BCUT2D eigenvalue weighted by Crippen LogP contribution is 2.36. The number of hydrogen-bond acceptors (Lipinski definition) is 4. The summed E-state index contributed by atoms with van der Waals surface area (Å²) in [7, 11) is 0. The molecule has 142 valence electrons. The molecule has 0 saturated carbocycles. The molecule has 1 atom stereocenters. The van der Waals surface area contributed by atoms with Gasteiger partial charge in [0.1, 0.15) is 29.7 Å². The molecule has 0 aliphatic rings. The second-order valence-corrected chi connectivity index (χ2v) is 6.49. The number of phenols is 1. The molecule has 5 nitrogen and oxygen atoms in total. The van der Waals surface area contributed by atoms with Gasteiger partial charge >= 0.3 is 0 Å². The van der Waals surface area contributed by atoms with Crippen LogP contribution in [0.4, 0.5) is 5.82 Å². The van der Waals surface area contributed by atoms with E-state index in [1.165, 1.54) is 0 Å². The van der Waals surface area contributed by atoms with Gasteiger partial charge in [0.15, 0.2) is 0 Å². The Morgan fingerprint density at radius 3 is 2.69 bits per heavy atom. The van der Waals surface area contributed by atoms with Crippen LogP contribution in [0.25, 0.3) is 10.9 Å². The lowest BCUT2D eigenvalue weighted by molar-refractivity contribution is -0.361. The normalized spacial score (nSPS) is 11.6. The van der Waals surface area contributed by atoms with Gasteiger partial charge in [-0.3, -0.25) is 10.3 Å². The molecule has 0 unspecified atom stereocenters. The van der Waals surface area contributed by atoms with Gasteiger partial charge in [-0.25, -0.2) is 4.98 Å². The molecule has 0 aliphatic heterocycles. The quantitative estimate of drug-likeness (QED) is 0.495. The molecule has 0 radical (unpaired) electrons. The molecule has 0 bridgehead atoms. The highest BCUT2D eigenvalue weighted by atomic mass is 16.5. The molecule has 0 aliphatic carbocycles. The summed E-state index contributed by atoms with van der Waals surface area (Å²) in [5.41, 5.74) is 2.26. The molecular weight excluding hydrogens is 362 g/mol. The number of anilines is 1. The lowest BCUT2D eigenvalue weighted by Gasteiger charge is -2.18. The van der Waals surface area contributed by atoms with Crippen LogP contribution in [-0.2, 0) is 0 Å². The van der Waals surface area contributed by atoms with E-state index in [1.54, 1.807) is 6.20 Å². The molecule has 3 N–H and O–H groups in total. The van der Waals surface area contributed by atoms with Crippen molar-refractivity contribution in [1.29, 1.82) is 0 Å². The van der Waals surface area contributed by atoms with Crippen LogP contribution in [0.2, 0.25) is 0 Å². The van der Waals surface area contributed by atoms with Crippen molar-refractivity contribution in [1.82, 2.24) is 4.98 Å². The van der Waals surface area contributed by atoms with E-state index in [9.17, 15) is 5.11 Å². The smallest absolute Gasteiger partial charge is 0.272 e. The van der Waals surface area contributed by atoms with Crippen LogP contribution in [0.5, 0.6) is 11.5 Å². The third-order valence-corrected chi connectivity index (χ3v) is 4.63. The monoisotopic (exact) mass is 382 g/mol.